The van der Waals surface area contributed by atoms with Gasteiger partial charge in [0.1, 0.15) is 0 Å². The Bertz CT molecular complexity index is 196. The zero-order chi connectivity index (χ0) is 12.6. The lowest BCUT2D eigenvalue weighted by Crippen LogP contribution is -1.87. The van der Waals surface area contributed by atoms with Crippen LogP contribution < -0.4 is 0 Å². The molecule has 0 N–H and O–H groups in total. The maximum absolute atomic E-state index is 4.90. The average Bonchev–Trinajstić information content (AvgIpc) is 3.08. The lowest BCUT2D eigenvalue weighted by atomic mass is 10.5. The highest BCUT2D eigenvalue weighted by Gasteiger charge is 1.84. The van der Waals surface area contributed by atoms with E-state index in [4.69, 9.17) is 14.2 Å². The van der Waals surface area contributed by atoms with Gasteiger partial charge in [0.25, 0.3) is 0 Å². The van der Waals surface area contributed by atoms with E-state index in [0.29, 0.717) is 13.2 Å². The highest BCUT2D eigenvalue weighted by molar-refractivity contribution is 4.86. The predicted molar refractivity (Wildman–Crippen MR) is 70.9 cm³/mol. The van der Waals surface area contributed by atoms with Crippen molar-refractivity contribution in [2.45, 2.75) is 6.42 Å². The van der Waals surface area contributed by atoms with Gasteiger partial charge >= 0.3 is 0 Å². The van der Waals surface area contributed by atoms with Crippen LogP contribution in [0.3, 0.4) is 0 Å². The van der Waals surface area contributed by atoms with Crippen molar-refractivity contribution in [2.75, 3.05) is 33.0 Å². The first kappa shape index (κ1) is 15.7. The summed E-state index contributed by atoms with van der Waals surface area (Å²) in [5.74, 6) is 0. The third kappa shape index (κ3) is 14.7. The molecule has 0 aliphatic carbocycles. The van der Waals surface area contributed by atoms with Crippen LogP contribution in [0.15, 0.2) is 49.8 Å². The SMILES string of the molecule is C1=CCOC1.C1=COCC1.C=CCOCC=C. The molecule has 0 atom stereocenters. The number of hydrogen-bond donors (Lipinski definition) is 0. The minimum absolute atomic E-state index is 0.617. The van der Waals surface area contributed by atoms with E-state index in [1.54, 1.807) is 18.4 Å². The van der Waals surface area contributed by atoms with Crippen molar-refractivity contribution in [1.29, 1.82) is 0 Å². The first-order chi connectivity index (χ1) is 8.41. The van der Waals surface area contributed by atoms with E-state index in [9.17, 15) is 0 Å². The van der Waals surface area contributed by atoms with Gasteiger partial charge in [0.2, 0.25) is 0 Å². The van der Waals surface area contributed by atoms with Crippen molar-refractivity contribution < 1.29 is 14.2 Å². The summed E-state index contributed by atoms with van der Waals surface area (Å²) >= 11 is 0. The fourth-order valence-electron chi connectivity index (χ4n) is 0.915. The second kappa shape index (κ2) is 14.7. The molecule has 0 aromatic carbocycles. The quantitative estimate of drug-likeness (QED) is 0.557. The predicted octanol–water partition coefficient (Wildman–Crippen LogP) is 2.87. The Morgan fingerprint density at radius 2 is 1.71 bits per heavy atom. The molecular weight excluding hydrogens is 216 g/mol. The lowest BCUT2D eigenvalue weighted by molar-refractivity contribution is 0.194. The highest BCUT2D eigenvalue weighted by atomic mass is 16.5. The molecule has 0 aromatic heterocycles. The van der Waals surface area contributed by atoms with Gasteiger partial charge in [-0.1, -0.05) is 24.3 Å². The van der Waals surface area contributed by atoms with E-state index in [1.807, 2.05) is 18.2 Å². The third-order valence-corrected chi connectivity index (χ3v) is 1.66. The Kier molecular flexibility index (Phi) is 13.5. The summed E-state index contributed by atoms with van der Waals surface area (Å²) in [7, 11) is 0. The molecular formula is C14H22O3. The van der Waals surface area contributed by atoms with E-state index < -0.39 is 0 Å². The molecule has 96 valence electrons. The maximum Gasteiger partial charge on any atom is 0.0908 e. The van der Waals surface area contributed by atoms with Gasteiger partial charge in [-0.2, -0.15) is 0 Å². The molecule has 2 heterocycles. The monoisotopic (exact) mass is 238 g/mol. The minimum Gasteiger partial charge on any atom is -0.501 e. The molecule has 2 aliphatic heterocycles. The average molecular weight is 238 g/mol. The summed E-state index contributed by atoms with van der Waals surface area (Å²) in [4.78, 5) is 0. The van der Waals surface area contributed by atoms with Crippen LogP contribution in [-0.4, -0.2) is 33.0 Å². The molecule has 0 unspecified atom stereocenters. The third-order valence-electron chi connectivity index (χ3n) is 1.66. The van der Waals surface area contributed by atoms with Crippen molar-refractivity contribution in [3.05, 3.63) is 49.8 Å². The summed E-state index contributed by atoms with van der Waals surface area (Å²) in [6.45, 7) is 10.7. The topological polar surface area (TPSA) is 27.7 Å². The number of hydrogen-bond acceptors (Lipinski definition) is 3. The molecule has 0 aromatic rings. The van der Waals surface area contributed by atoms with Crippen molar-refractivity contribution in [3.63, 3.8) is 0 Å². The molecule has 2 aliphatic rings. The van der Waals surface area contributed by atoms with Crippen molar-refractivity contribution in [2.24, 2.45) is 0 Å². The van der Waals surface area contributed by atoms with E-state index >= 15 is 0 Å². The Morgan fingerprint density at radius 3 is 1.94 bits per heavy atom. The van der Waals surface area contributed by atoms with Crippen molar-refractivity contribution in [3.8, 4) is 0 Å². The number of ether oxygens (including phenoxy) is 3. The van der Waals surface area contributed by atoms with Crippen LogP contribution in [0, 0.1) is 0 Å². The Morgan fingerprint density at radius 1 is 1.06 bits per heavy atom. The summed E-state index contributed by atoms with van der Waals surface area (Å²) in [6, 6.07) is 0. The first-order valence-corrected chi connectivity index (χ1v) is 5.70. The molecule has 0 fully saturated rings. The summed E-state index contributed by atoms with van der Waals surface area (Å²) in [5, 5.41) is 0. The highest BCUT2D eigenvalue weighted by Crippen LogP contribution is 1.93. The molecule has 17 heavy (non-hydrogen) atoms. The van der Waals surface area contributed by atoms with Gasteiger partial charge in [-0.15, -0.1) is 13.2 Å². The largest absolute Gasteiger partial charge is 0.501 e. The van der Waals surface area contributed by atoms with Crippen LogP contribution in [0.25, 0.3) is 0 Å². The van der Waals surface area contributed by atoms with Crippen LogP contribution in [0.4, 0.5) is 0 Å². The van der Waals surface area contributed by atoms with E-state index in [0.717, 1.165) is 26.2 Å². The van der Waals surface area contributed by atoms with Crippen LogP contribution >= 0.6 is 0 Å². The maximum atomic E-state index is 4.90. The molecule has 3 nitrogen and oxygen atoms in total. The molecule has 0 spiro atoms. The normalized spacial score (nSPS) is 15.1. The fourth-order valence-corrected chi connectivity index (χ4v) is 0.915. The molecule has 3 heteroatoms. The molecule has 0 radical (unpaired) electrons. The first-order valence-electron chi connectivity index (χ1n) is 5.70. The minimum atomic E-state index is 0.617. The van der Waals surface area contributed by atoms with Gasteiger partial charge in [0.15, 0.2) is 0 Å². The van der Waals surface area contributed by atoms with Gasteiger partial charge in [-0.25, -0.2) is 0 Å². The van der Waals surface area contributed by atoms with Crippen molar-refractivity contribution in [1.82, 2.24) is 0 Å². The second-order valence-electron chi connectivity index (χ2n) is 3.15. The molecule has 0 saturated carbocycles. The van der Waals surface area contributed by atoms with Crippen LogP contribution in [-0.2, 0) is 14.2 Å². The summed E-state index contributed by atoms with van der Waals surface area (Å²) in [5.41, 5.74) is 0. The van der Waals surface area contributed by atoms with E-state index in [2.05, 4.69) is 13.2 Å². The number of rotatable bonds is 4. The van der Waals surface area contributed by atoms with E-state index in [-0.39, 0.29) is 0 Å². The van der Waals surface area contributed by atoms with Gasteiger partial charge in [0.05, 0.1) is 39.3 Å². The molecule has 0 amide bonds. The van der Waals surface area contributed by atoms with Crippen LogP contribution in [0.5, 0.6) is 0 Å². The van der Waals surface area contributed by atoms with Gasteiger partial charge in [-0.3, -0.25) is 0 Å². The van der Waals surface area contributed by atoms with Crippen LogP contribution in [0.1, 0.15) is 6.42 Å². The smallest absolute Gasteiger partial charge is 0.0908 e. The van der Waals surface area contributed by atoms with Gasteiger partial charge in [-0.05, 0) is 6.08 Å². The van der Waals surface area contributed by atoms with Gasteiger partial charge in [0, 0.05) is 6.42 Å². The standard InChI is InChI=1S/C6H10O.2C4H6O/c1-3-5-7-6-4-2;2*1-2-4-5-3-1/h3-4H,1-2,5-6H2;1,3H,2,4H2;1-2H,3-4H2. The fraction of sp³-hybridized carbons (Fsp3) is 0.429. The van der Waals surface area contributed by atoms with Gasteiger partial charge < -0.3 is 14.2 Å². The molecule has 0 bridgehead atoms. The zero-order valence-electron chi connectivity index (χ0n) is 10.3. The zero-order valence-corrected chi connectivity index (χ0v) is 10.3. The summed E-state index contributed by atoms with van der Waals surface area (Å²) in [6.07, 6.45) is 12.3. The lowest BCUT2D eigenvalue weighted by Gasteiger charge is -1.89. The van der Waals surface area contributed by atoms with Crippen LogP contribution in [0.2, 0.25) is 0 Å². The Hall–Kier alpha value is -1.32. The Balaban J connectivity index is 0.000000229. The van der Waals surface area contributed by atoms with Crippen molar-refractivity contribution >= 4 is 0 Å². The van der Waals surface area contributed by atoms with E-state index in [1.165, 1.54) is 0 Å². The Labute approximate surface area is 104 Å². The molecule has 2 rings (SSSR count). The summed E-state index contributed by atoms with van der Waals surface area (Å²) < 4.78 is 14.5. The molecule has 0 saturated heterocycles. The second-order valence-corrected chi connectivity index (χ2v) is 3.15.